The molecule has 1 aliphatic heterocycles. The zero-order valence-corrected chi connectivity index (χ0v) is 14.6. The first-order valence-corrected chi connectivity index (χ1v) is 9.13. The Kier molecular flexibility index (Phi) is 6.05. The van der Waals surface area contributed by atoms with Gasteiger partial charge in [0.1, 0.15) is 0 Å². The van der Waals surface area contributed by atoms with E-state index in [1.54, 1.807) is 0 Å². The van der Waals surface area contributed by atoms with E-state index in [-0.39, 0.29) is 5.91 Å². The normalized spacial score (nSPS) is 19.6. The largest absolute Gasteiger partial charge is 0.382 e. The summed E-state index contributed by atoms with van der Waals surface area (Å²) in [6.45, 7) is 6.69. The van der Waals surface area contributed by atoms with Gasteiger partial charge in [0.25, 0.3) is 0 Å². The molecule has 0 unspecified atom stereocenters. The van der Waals surface area contributed by atoms with Crippen LogP contribution in [0.4, 0.5) is 5.69 Å². The topological polar surface area (TPSA) is 41.6 Å². The highest BCUT2D eigenvalue weighted by atomic mass is 16.5. The number of nitrogens with zero attached hydrogens (tertiary/aromatic N) is 1. The van der Waals surface area contributed by atoms with Gasteiger partial charge in [-0.25, -0.2) is 0 Å². The third-order valence-corrected chi connectivity index (χ3v) is 4.81. The molecule has 4 heteroatoms. The summed E-state index contributed by atoms with van der Waals surface area (Å²) in [7, 11) is 0. The third kappa shape index (κ3) is 4.68. The molecule has 1 aromatic carbocycles. The minimum absolute atomic E-state index is 0.123. The molecule has 4 nitrogen and oxygen atoms in total. The number of anilines is 1. The zero-order valence-electron chi connectivity index (χ0n) is 14.6. The van der Waals surface area contributed by atoms with Crippen LogP contribution in [0, 0.1) is 5.92 Å². The SMILES string of the molecule is CCOCCCN1Cc2ccc(NC(=O)C[C@H]3C=CCC3)cc2C1. The van der Waals surface area contributed by atoms with Gasteiger partial charge in [-0.3, -0.25) is 9.69 Å². The Labute approximate surface area is 144 Å². The van der Waals surface area contributed by atoms with Crippen LogP contribution in [-0.2, 0) is 22.6 Å². The number of hydrogen-bond acceptors (Lipinski definition) is 3. The Morgan fingerprint density at radius 2 is 2.21 bits per heavy atom. The molecule has 0 spiro atoms. The van der Waals surface area contributed by atoms with Crippen LogP contribution in [-0.4, -0.2) is 30.6 Å². The molecular weight excluding hydrogens is 300 g/mol. The lowest BCUT2D eigenvalue weighted by molar-refractivity contribution is -0.116. The summed E-state index contributed by atoms with van der Waals surface area (Å²) in [5, 5.41) is 3.06. The molecule has 130 valence electrons. The van der Waals surface area contributed by atoms with Crippen LogP contribution in [0.25, 0.3) is 0 Å². The summed E-state index contributed by atoms with van der Waals surface area (Å²) in [5.74, 6) is 0.540. The van der Waals surface area contributed by atoms with Gasteiger partial charge in [0, 0.05) is 45.0 Å². The summed E-state index contributed by atoms with van der Waals surface area (Å²) in [5.41, 5.74) is 3.64. The van der Waals surface area contributed by atoms with Gasteiger partial charge in [-0.2, -0.15) is 0 Å². The van der Waals surface area contributed by atoms with Gasteiger partial charge >= 0.3 is 0 Å². The van der Waals surface area contributed by atoms with Crippen molar-refractivity contribution in [3.05, 3.63) is 41.5 Å². The van der Waals surface area contributed by atoms with Crippen molar-refractivity contribution in [2.24, 2.45) is 5.92 Å². The number of carbonyl (C=O) groups is 1. The average molecular weight is 328 g/mol. The second-order valence-corrected chi connectivity index (χ2v) is 6.76. The fraction of sp³-hybridized carbons (Fsp3) is 0.550. The Morgan fingerprint density at radius 1 is 1.33 bits per heavy atom. The van der Waals surface area contributed by atoms with E-state index >= 15 is 0 Å². The van der Waals surface area contributed by atoms with E-state index < -0.39 is 0 Å². The predicted octanol–water partition coefficient (Wildman–Crippen LogP) is 3.72. The van der Waals surface area contributed by atoms with Crippen LogP contribution in [0.5, 0.6) is 0 Å². The highest BCUT2D eigenvalue weighted by Crippen LogP contribution is 2.26. The van der Waals surface area contributed by atoms with Crippen molar-refractivity contribution in [1.29, 1.82) is 0 Å². The lowest BCUT2D eigenvalue weighted by atomic mass is 10.0. The quantitative estimate of drug-likeness (QED) is 0.584. The Hall–Kier alpha value is -1.65. The zero-order chi connectivity index (χ0) is 16.8. The summed E-state index contributed by atoms with van der Waals surface area (Å²) >= 11 is 0. The van der Waals surface area contributed by atoms with Crippen molar-refractivity contribution in [3.63, 3.8) is 0 Å². The third-order valence-electron chi connectivity index (χ3n) is 4.81. The predicted molar refractivity (Wildman–Crippen MR) is 96.8 cm³/mol. The lowest BCUT2D eigenvalue weighted by Gasteiger charge is -2.14. The van der Waals surface area contributed by atoms with E-state index in [2.05, 4.69) is 34.5 Å². The number of nitrogens with one attached hydrogen (secondary N) is 1. The van der Waals surface area contributed by atoms with E-state index in [1.165, 1.54) is 11.1 Å². The molecule has 24 heavy (non-hydrogen) atoms. The number of ether oxygens (including phenoxy) is 1. The number of benzene rings is 1. The Bertz CT molecular complexity index is 597. The molecule has 0 fully saturated rings. The second-order valence-electron chi connectivity index (χ2n) is 6.76. The van der Waals surface area contributed by atoms with Crippen LogP contribution in [0.2, 0.25) is 0 Å². The summed E-state index contributed by atoms with van der Waals surface area (Å²) < 4.78 is 5.41. The molecule has 0 bridgehead atoms. The molecule has 1 aliphatic carbocycles. The molecule has 1 aromatic rings. The van der Waals surface area contributed by atoms with Gasteiger partial charge < -0.3 is 10.1 Å². The van der Waals surface area contributed by atoms with Crippen molar-refractivity contribution >= 4 is 11.6 Å². The second kappa shape index (κ2) is 8.45. The van der Waals surface area contributed by atoms with Crippen LogP contribution in [0.15, 0.2) is 30.4 Å². The minimum atomic E-state index is 0.123. The maximum Gasteiger partial charge on any atom is 0.224 e. The number of rotatable bonds is 8. The molecule has 0 radical (unpaired) electrons. The molecule has 0 saturated heterocycles. The van der Waals surface area contributed by atoms with Crippen LogP contribution < -0.4 is 5.32 Å². The van der Waals surface area contributed by atoms with Gasteiger partial charge in [-0.1, -0.05) is 18.2 Å². The van der Waals surface area contributed by atoms with Crippen molar-refractivity contribution < 1.29 is 9.53 Å². The average Bonchev–Trinajstić information content (AvgIpc) is 3.20. The first-order chi connectivity index (χ1) is 11.7. The number of amides is 1. The molecule has 1 amide bonds. The molecule has 3 rings (SSSR count). The van der Waals surface area contributed by atoms with Gasteiger partial charge in [0.05, 0.1) is 0 Å². The van der Waals surface area contributed by atoms with Crippen molar-refractivity contribution in [1.82, 2.24) is 4.90 Å². The maximum absolute atomic E-state index is 12.2. The molecule has 2 aliphatic rings. The van der Waals surface area contributed by atoms with Gasteiger partial charge in [0.2, 0.25) is 5.91 Å². The van der Waals surface area contributed by atoms with E-state index in [9.17, 15) is 4.79 Å². The molecule has 1 heterocycles. The molecule has 1 N–H and O–H groups in total. The summed E-state index contributed by atoms with van der Waals surface area (Å²) in [6, 6.07) is 6.33. The number of allylic oxidation sites excluding steroid dienone is 2. The van der Waals surface area contributed by atoms with Gasteiger partial charge in [-0.05, 0) is 55.4 Å². The van der Waals surface area contributed by atoms with Gasteiger partial charge in [0.15, 0.2) is 0 Å². The Morgan fingerprint density at radius 3 is 3.00 bits per heavy atom. The highest BCUT2D eigenvalue weighted by Gasteiger charge is 2.19. The van der Waals surface area contributed by atoms with Crippen molar-refractivity contribution in [2.75, 3.05) is 25.1 Å². The van der Waals surface area contributed by atoms with E-state index in [1.807, 2.05) is 13.0 Å². The number of carbonyl (C=O) groups excluding carboxylic acids is 1. The summed E-state index contributed by atoms with van der Waals surface area (Å²) in [4.78, 5) is 14.6. The number of hydrogen-bond donors (Lipinski definition) is 1. The maximum atomic E-state index is 12.2. The van der Waals surface area contributed by atoms with Gasteiger partial charge in [-0.15, -0.1) is 0 Å². The van der Waals surface area contributed by atoms with Crippen molar-refractivity contribution in [2.45, 2.75) is 45.7 Å². The van der Waals surface area contributed by atoms with E-state index in [4.69, 9.17) is 4.74 Å². The molecule has 1 atom stereocenters. The van der Waals surface area contributed by atoms with Crippen LogP contribution >= 0.6 is 0 Å². The smallest absolute Gasteiger partial charge is 0.224 e. The highest BCUT2D eigenvalue weighted by molar-refractivity contribution is 5.91. The van der Waals surface area contributed by atoms with E-state index in [0.717, 1.165) is 57.8 Å². The van der Waals surface area contributed by atoms with Crippen LogP contribution in [0.3, 0.4) is 0 Å². The number of fused-ring (bicyclic) bond motifs is 1. The molecule has 0 aromatic heterocycles. The minimum Gasteiger partial charge on any atom is -0.382 e. The van der Waals surface area contributed by atoms with Crippen molar-refractivity contribution in [3.8, 4) is 0 Å². The van der Waals surface area contributed by atoms with E-state index in [0.29, 0.717) is 12.3 Å². The monoisotopic (exact) mass is 328 g/mol. The molecular formula is C20H28N2O2. The fourth-order valence-electron chi connectivity index (χ4n) is 3.55. The van der Waals surface area contributed by atoms with Crippen LogP contribution in [0.1, 0.15) is 43.7 Å². The first-order valence-electron chi connectivity index (χ1n) is 9.13. The first kappa shape index (κ1) is 17.2. The lowest BCUT2D eigenvalue weighted by Crippen LogP contribution is -2.19. The summed E-state index contributed by atoms with van der Waals surface area (Å²) in [6.07, 6.45) is 8.22. The standard InChI is InChI=1S/C20H28N2O2/c1-2-24-11-5-10-22-14-17-8-9-19(13-18(17)15-22)21-20(23)12-16-6-3-4-7-16/h3,6,8-9,13,16H,2,4-5,7,10-12,14-15H2,1H3,(H,21,23)/t16-/m0/s1. The molecule has 0 saturated carbocycles. The Balaban J connectivity index is 1.48. The fourth-order valence-corrected chi connectivity index (χ4v) is 3.55.